The Balaban J connectivity index is 1.45. The summed E-state index contributed by atoms with van der Waals surface area (Å²) < 4.78 is 5.76. The molecule has 0 atom stereocenters. The van der Waals surface area contributed by atoms with Crippen LogP contribution in [0.3, 0.4) is 0 Å². The molecule has 0 unspecified atom stereocenters. The molecule has 0 aliphatic carbocycles. The van der Waals surface area contributed by atoms with Crippen molar-refractivity contribution in [2.75, 3.05) is 0 Å². The minimum atomic E-state index is -0.136. The van der Waals surface area contributed by atoms with E-state index >= 15 is 0 Å². The van der Waals surface area contributed by atoms with E-state index in [1.165, 1.54) is 5.56 Å². The van der Waals surface area contributed by atoms with Crippen LogP contribution in [0, 0.1) is 0 Å². The summed E-state index contributed by atoms with van der Waals surface area (Å²) in [4.78, 5) is 12.0. The highest BCUT2D eigenvalue weighted by Crippen LogP contribution is 2.13. The Morgan fingerprint density at radius 3 is 2.25 bits per heavy atom. The Labute approximate surface area is 165 Å². The van der Waals surface area contributed by atoms with E-state index < -0.39 is 0 Å². The quantitative estimate of drug-likeness (QED) is 0.467. The van der Waals surface area contributed by atoms with Gasteiger partial charge in [0.2, 0.25) is 5.91 Å². The molecule has 0 saturated carbocycles. The number of aryl methyl sites for hydroxylation is 1. The van der Waals surface area contributed by atoms with E-state index in [1.807, 2.05) is 78.9 Å². The summed E-state index contributed by atoms with van der Waals surface area (Å²) in [5.74, 6) is 0.656. The number of hydrogen-bond donors (Lipinski definition) is 1. The monoisotopic (exact) mass is 372 g/mol. The zero-order valence-corrected chi connectivity index (χ0v) is 16.0. The molecule has 3 aromatic carbocycles. The Hall–Kier alpha value is -3.40. The molecule has 28 heavy (non-hydrogen) atoms. The van der Waals surface area contributed by atoms with Crippen molar-refractivity contribution in [1.82, 2.24) is 5.43 Å². The van der Waals surface area contributed by atoms with Crippen molar-refractivity contribution < 1.29 is 9.53 Å². The summed E-state index contributed by atoms with van der Waals surface area (Å²) in [6, 6.07) is 25.7. The van der Waals surface area contributed by atoms with Gasteiger partial charge in [-0.2, -0.15) is 5.10 Å². The van der Waals surface area contributed by atoms with Gasteiger partial charge < -0.3 is 4.74 Å². The highest BCUT2D eigenvalue weighted by molar-refractivity contribution is 5.83. The van der Waals surface area contributed by atoms with Crippen molar-refractivity contribution in [3.63, 3.8) is 0 Å². The average Bonchev–Trinajstić information content (AvgIpc) is 2.74. The topological polar surface area (TPSA) is 50.7 Å². The van der Waals surface area contributed by atoms with Crippen molar-refractivity contribution in [2.24, 2.45) is 5.10 Å². The van der Waals surface area contributed by atoms with E-state index in [1.54, 1.807) is 6.21 Å². The summed E-state index contributed by atoms with van der Waals surface area (Å²) in [5.41, 5.74) is 6.82. The van der Waals surface area contributed by atoms with Gasteiger partial charge in [-0.05, 0) is 52.9 Å². The number of hydrogen-bond acceptors (Lipinski definition) is 3. The average molecular weight is 372 g/mol. The molecule has 0 aromatic heterocycles. The van der Waals surface area contributed by atoms with E-state index in [2.05, 4.69) is 17.5 Å². The number of amides is 1. The zero-order chi connectivity index (χ0) is 19.6. The molecule has 0 aliphatic heterocycles. The fourth-order valence-corrected chi connectivity index (χ4v) is 2.69. The van der Waals surface area contributed by atoms with Gasteiger partial charge in [-0.1, -0.05) is 61.5 Å². The number of benzene rings is 3. The largest absolute Gasteiger partial charge is 0.489 e. The highest BCUT2D eigenvalue weighted by Gasteiger charge is 2.02. The minimum absolute atomic E-state index is 0.136. The molecular formula is C24H24N2O2. The van der Waals surface area contributed by atoms with Crippen LogP contribution in [-0.4, -0.2) is 12.1 Å². The fourth-order valence-electron chi connectivity index (χ4n) is 2.69. The van der Waals surface area contributed by atoms with E-state index in [0.29, 0.717) is 13.0 Å². The van der Waals surface area contributed by atoms with E-state index in [9.17, 15) is 4.79 Å². The van der Waals surface area contributed by atoms with Crippen LogP contribution in [0.1, 0.15) is 29.2 Å². The maximum absolute atomic E-state index is 12.0. The number of rotatable bonds is 8. The molecule has 1 N–H and O–H groups in total. The van der Waals surface area contributed by atoms with Gasteiger partial charge in [0.05, 0.1) is 12.6 Å². The predicted octanol–water partition coefficient (Wildman–Crippen LogP) is 4.52. The second-order valence-corrected chi connectivity index (χ2v) is 6.48. The molecule has 3 rings (SSSR count). The molecule has 0 bridgehead atoms. The molecule has 0 heterocycles. The zero-order valence-electron chi connectivity index (χ0n) is 16.0. The van der Waals surface area contributed by atoms with Gasteiger partial charge >= 0.3 is 0 Å². The molecule has 0 radical (unpaired) electrons. The predicted molar refractivity (Wildman–Crippen MR) is 112 cm³/mol. The number of hydrazone groups is 1. The van der Waals surface area contributed by atoms with Gasteiger partial charge in [0.15, 0.2) is 0 Å². The summed E-state index contributed by atoms with van der Waals surface area (Å²) in [7, 11) is 0. The third kappa shape index (κ3) is 6.09. The van der Waals surface area contributed by atoms with Gasteiger partial charge in [0.1, 0.15) is 12.4 Å². The van der Waals surface area contributed by atoms with Gasteiger partial charge in [-0.25, -0.2) is 5.43 Å². The molecule has 4 nitrogen and oxygen atoms in total. The first-order valence-corrected chi connectivity index (χ1v) is 9.39. The Kier molecular flexibility index (Phi) is 6.96. The lowest BCUT2D eigenvalue weighted by molar-refractivity contribution is -0.120. The first-order chi connectivity index (χ1) is 13.7. The molecule has 3 aromatic rings. The van der Waals surface area contributed by atoms with E-state index in [4.69, 9.17) is 4.74 Å². The third-order valence-corrected chi connectivity index (χ3v) is 4.33. The lowest BCUT2D eigenvalue weighted by atomic mass is 10.1. The van der Waals surface area contributed by atoms with Crippen LogP contribution in [0.5, 0.6) is 5.75 Å². The molecule has 142 valence electrons. The smallest absolute Gasteiger partial charge is 0.244 e. The molecule has 4 heteroatoms. The maximum atomic E-state index is 12.0. The van der Waals surface area contributed by atoms with Crippen LogP contribution in [0.4, 0.5) is 0 Å². The Bertz CT molecular complexity index is 902. The van der Waals surface area contributed by atoms with Gasteiger partial charge in [0.25, 0.3) is 0 Å². The second-order valence-electron chi connectivity index (χ2n) is 6.48. The van der Waals surface area contributed by atoms with Crippen molar-refractivity contribution in [3.05, 3.63) is 101 Å². The molecule has 0 fully saturated rings. The van der Waals surface area contributed by atoms with Crippen molar-refractivity contribution in [2.45, 2.75) is 26.4 Å². The van der Waals surface area contributed by atoms with Gasteiger partial charge in [-0.15, -0.1) is 0 Å². The van der Waals surface area contributed by atoms with Crippen molar-refractivity contribution in [3.8, 4) is 5.75 Å². The SMILES string of the molecule is CCc1ccc(CC(=O)N/N=C/c2ccc(OCc3ccccc3)cc2)cc1. The van der Waals surface area contributed by atoms with Crippen LogP contribution in [-0.2, 0) is 24.2 Å². The van der Waals surface area contributed by atoms with Crippen LogP contribution in [0.2, 0.25) is 0 Å². The minimum Gasteiger partial charge on any atom is -0.489 e. The second kappa shape index (κ2) is 10.1. The molecular weight excluding hydrogens is 348 g/mol. The van der Waals surface area contributed by atoms with Crippen molar-refractivity contribution in [1.29, 1.82) is 0 Å². The molecule has 1 amide bonds. The van der Waals surface area contributed by atoms with Crippen LogP contribution in [0.25, 0.3) is 0 Å². The normalized spacial score (nSPS) is 10.8. The Morgan fingerprint density at radius 1 is 0.893 bits per heavy atom. The lowest BCUT2D eigenvalue weighted by Crippen LogP contribution is -2.19. The number of nitrogens with one attached hydrogen (secondary N) is 1. The maximum Gasteiger partial charge on any atom is 0.244 e. The molecule has 0 aliphatic rings. The fraction of sp³-hybridized carbons (Fsp3) is 0.167. The summed E-state index contributed by atoms with van der Waals surface area (Å²) in [6.45, 7) is 2.64. The summed E-state index contributed by atoms with van der Waals surface area (Å²) >= 11 is 0. The number of nitrogens with zero attached hydrogens (tertiary/aromatic N) is 1. The standard InChI is InChI=1S/C24H24N2O2/c1-2-19-8-10-20(11-9-19)16-24(27)26-25-17-21-12-14-23(15-13-21)28-18-22-6-4-3-5-7-22/h3-15,17H,2,16,18H2,1H3,(H,26,27)/b25-17+. The van der Waals surface area contributed by atoms with Gasteiger partial charge in [-0.3, -0.25) is 4.79 Å². The van der Waals surface area contributed by atoms with Gasteiger partial charge in [0, 0.05) is 0 Å². The number of ether oxygens (including phenoxy) is 1. The summed E-state index contributed by atoms with van der Waals surface area (Å²) in [5, 5.41) is 4.03. The van der Waals surface area contributed by atoms with Crippen LogP contribution in [0.15, 0.2) is 84.0 Å². The van der Waals surface area contributed by atoms with Crippen molar-refractivity contribution >= 4 is 12.1 Å². The lowest BCUT2D eigenvalue weighted by Gasteiger charge is -2.06. The first kappa shape index (κ1) is 19.4. The van der Waals surface area contributed by atoms with Crippen LogP contribution >= 0.6 is 0 Å². The highest BCUT2D eigenvalue weighted by atomic mass is 16.5. The summed E-state index contributed by atoms with van der Waals surface area (Å²) in [6.07, 6.45) is 2.93. The first-order valence-electron chi connectivity index (χ1n) is 9.39. The molecule has 0 spiro atoms. The number of carbonyl (C=O) groups excluding carboxylic acids is 1. The number of carbonyl (C=O) groups is 1. The van der Waals surface area contributed by atoms with E-state index in [-0.39, 0.29) is 5.91 Å². The van der Waals surface area contributed by atoms with Crippen LogP contribution < -0.4 is 10.2 Å². The van der Waals surface area contributed by atoms with E-state index in [0.717, 1.165) is 28.9 Å². The molecule has 0 saturated heterocycles. The Morgan fingerprint density at radius 2 is 1.57 bits per heavy atom. The third-order valence-electron chi connectivity index (χ3n) is 4.33.